The van der Waals surface area contributed by atoms with Gasteiger partial charge in [-0.25, -0.2) is 19.2 Å². The van der Waals surface area contributed by atoms with E-state index in [0.29, 0.717) is 36.1 Å². The molecule has 3 atom stereocenters. The summed E-state index contributed by atoms with van der Waals surface area (Å²) < 4.78 is 52.0. The van der Waals surface area contributed by atoms with Crippen LogP contribution in [0.5, 0.6) is 0 Å². The Morgan fingerprint density at radius 1 is 1.08 bits per heavy atom. The molecule has 4 aromatic heterocycles. The van der Waals surface area contributed by atoms with Crippen LogP contribution in [0, 0.1) is 0 Å². The molecule has 2 saturated heterocycles. The second-order valence-corrected chi connectivity index (χ2v) is 9.61. The maximum absolute atomic E-state index is 14.3. The minimum Gasteiger partial charge on any atom is -0.356 e. The molecule has 12 heteroatoms. The molecule has 2 aliphatic heterocycles. The zero-order chi connectivity index (χ0) is 25.0. The van der Waals surface area contributed by atoms with E-state index in [-0.39, 0.29) is 29.4 Å². The Hall–Kier alpha value is -3.25. The van der Waals surface area contributed by atoms with Gasteiger partial charge in [-0.3, -0.25) is 0 Å². The van der Waals surface area contributed by atoms with Crippen molar-refractivity contribution in [2.45, 2.75) is 63.5 Å². The quantitative estimate of drug-likeness (QED) is 0.451. The van der Waals surface area contributed by atoms with Crippen molar-refractivity contribution in [2.75, 3.05) is 18.1 Å². The third-order valence-electron chi connectivity index (χ3n) is 7.09. The van der Waals surface area contributed by atoms with Crippen molar-refractivity contribution in [3.63, 3.8) is 0 Å². The summed E-state index contributed by atoms with van der Waals surface area (Å²) in [6.45, 7) is 3.04. The number of alkyl halides is 3. The van der Waals surface area contributed by atoms with Crippen LogP contribution in [0.2, 0.25) is 0 Å². The number of piperidine rings is 1. The van der Waals surface area contributed by atoms with Crippen LogP contribution in [0.4, 0.5) is 19.1 Å². The van der Waals surface area contributed by atoms with Gasteiger partial charge in [0.15, 0.2) is 11.9 Å². The zero-order valence-corrected chi connectivity index (χ0v) is 19.8. The van der Waals surface area contributed by atoms with Crippen LogP contribution < -0.4 is 10.6 Å². The molecule has 36 heavy (non-hydrogen) atoms. The Morgan fingerprint density at radius 2 is 1.94 bits per heavy atom. The van der Waals surface area contributed by atoms with E-state index in [1.54, 1.807) is 15.4 Å². The van der Waals surface area contributed by atoms with Crippen molar-refractivity contribution in [1.82, 2.24) is 29.4 Å². The SMILES string of the molecule is C[C@H]1CC[C@H](N)CN1c1ncc(C(F)(F)F)c(-c2nn(C3CCCCO3)c3nn4ccccc4c23)n1. The summed E-state index contributed by atoms with van der Waals surface area (Å²) in [5.74, 6) is 0.216. The Bertz CT molecular complexity index is 1410. The van der Waals surface area contributed by atoms with Gasteiger partial charge in [-0.1, -0.05) is 6.07 Å². The van der Waals surface area contributed by atoms with E-state index in [0.717, 1.165) is 31.9 Å². The molecule has 0 spiro atoms. The van der Waals surface area contributed by atoms with E-state index < -0.39 is 18.0 Å². The molecule has 190 valence electrons. The number of rotatable bonds is 3. The molecule has 6 rings (SSSR count). The van der Waals surface area contributed by atoms with Crippen LogP contribution in [0.3, 0.4) is 0 Å². The summed E-state index contributed by atoms with van der Waals surface area (Å²) in [5.41, 5.74) is 6.18. The van der Waals surface area contributed by atoms with Gasteiger partial charge < -0.3 is 15.4 Å². The third kappa shape index (κ3) is 3.88. The topological polar surface area (TPSA) is 99.4 Å². The number of hydrogen-bond donors (Lipinski definition) is 1. The van der Waals surface area contributed by atoms with Gasteiger partial charge in [0.25, 0.3) is 0 Å². The summed E-state index contributed by atoms with van der Waals surface area (Å²) in [6, 6.07) is 5.41. The van der Waals surface area contributed by atoms with Crippen molar-refractivity contribution in [3.05, 3.63) is 36.2 Å². The maximum Gasteiger partial charge on any atom is 0.420 e. The lowest BCUT2D eigenvalue weighted by atomic mass is 10.0. The van der Waals surface area contributed by atoms with Crippen LogP contribution in [0.15, 0.2) is 30.6 Å². The lowest BCUT2D eigenvalue weighted by molar-refractivity contribution is -0.137. The van der Waals surface area contributed by atoms with E-state index >= 15 is 0 Å². The molecule has 0 radical (unpaired) electrons. The third-order valence-corrected chi connectivity index (χ3v) is 7.09. The molecule has 4 aromatic rings. The van der Waals surface area contributed by atoms with E-state index in [2.05, 4.69) is 20.2 Å². The van der Waals surface area contributed by atoms with E-state index in [4.69, 9.17) is 10.5 Å². The molecular weight excluding hydrogens is 473 g/mol. The van der Waals surface area contributed by atoms with Crippen LogP contribution in [-0.4, -0.2) is 54.6 Å². The molecule has 1 unspecified atom stereocenters. The number of anilines is 1. The molecule has 0 aromatic carbocycles. The van der Waals surface area contributed by atoms with Crippen molar-refractivity contribution < 1.29 is 17.9 Å². The van der Waals surface area contributed by atoms with Gasteiger partial charge in [-0.2, -0.15) is 18.3 Å². The minimum absolute atomic E-state index is 0.0552. The normalized spacial score (nSPS) is 23.6. The fourth-order valence-electron chi connectivity index (χ4n) is 5.17. The van der Waals surface area contributed by atoms with Gasteiger partial charge in [0.05, 0.1) is 10.9 Å². The molecule has 0 bridgehead atoms. The van der Waals surface area contributed by atoms with Crippen LogP contribution in [0.1, 0.15) is 50.8 Å². The smallest absolute Gasteiger partial charge is 0.356 e. The number of aromatic nitrogens is 6. The van der Waals surface area contributed by atoms with Crippen molar-refractivity contribution in [3.8, 4) is 11.4 Å². The van der Waals surface area contributed by atoms with Crippen LogP contribution >= 0.6 is 0 Å². The van der Waals surface area contributed by atoms with Crippen molar-refractivity contribution >= 4 is 22.5 Å². The standard InChI is InChI=1S/C24H27F3N8O/c1-14-8-9-15(28)13-33(14)23-29-12-16(24(25,26)27)20(30-23)21-19-17-6-2-4-10-34(17)32-22(19)35(31-21)18-7-3-5-11-36-18/h2,4,6,10,12,14-15,18H,3,5,7-9,11,13,28H2,1H3/t14-,15-,18?/m0/s1. The fraction of sp³-hybridized carbons (Fsp3) is 0.500. The van der Waals surface area contributed by atoms with Gasteiger partial charge in [0, 0.05) is 37.6 Å². The van der Waals surface area contributed by atoms with E-state index in [9.17, 15) is 13.2 Å². The highest BCUT2D eigenvalue weighted by molar-refractivity contribution is 6.03. The Labute approximate surface area is 205 Å². The van der Waals surface area contributed by atoms with Crippen molar-refractivity contribution in [1.29, 1.82) is 0 Å². The predicted molar refractivity (Wildman–Crippen MR) is 127 cm³/mol. The highest BCUT2D eigenvalue weighted by atomic mass is 19.4. The molecule has 0 aliphatic carbocycles. The highest BCUT2D eigenvalue weighted by Gasteiger charge is 2.39. The largest absolute Gasteiger partial charge is 0.420 e. The number of nitrogens with zero attached hydrogens (tertiary/aromatic N) is 7. The fourth-order valence-corrected chi connectivity index (χ4v) is 5.17. The summed E-state index contributed by atoms with van der Waals surface area (Å²) in [4.78, 5) is 10.5. The van der Waals surface area contributed by atoms with Crippen molar-refractivity contribution in [2.24, 2.45) is 5.73 Å². The lowest BCUT2D eigenvalue weighted by Crippen LogP contribution is -2.48. The van der Waals surface area contributed by atoms with Gasteiger partial charge >= 0.3 is 6.18 Å². The molecule has 2 N–H and O–H groups in total. The number of ether oxygens (including phenoxy) is 1. The number of hydrogen-bond acceptors (Lipinski definition) is 7. The Morgan fingerprint density at radius 3 is 2.72 bits per heavy atom. The lowest BCUT2D eigenvalue weighted by Gasteiger charge is -2.36. The first-order valence-electron chi connectivity index (χ1n) is 12.3. The van der Waals surface area contributed by atoms with Gasteiger partial charge in [0.2, 0.25) is 5.95 Å². The second-order valence-electron chi connectivity index (χ2n) is 9.61. The Balaban J connectivity index is 1.59. The highest BCUT2D eigenvalue weighted by Crippen LogP contribution is 2.41. The predicted octanol–water partition coefficient (Wildman–Crippen LogP) is 4.17. The first-order chi connectivity index (χ1) is 17.3. The van der Waals surface area contributed by atoms with Gasteiger partial charge in [-0.15, -0.1) is 5.10 Å². The number of halogens is 3. The summed E-state index contributed by atoms with van der Waals surface area (Å²) in [5, 5.41) is 9.82. The van der Waals surface area contributed by atoms with Gasteiger partial charge in [0.1, 0.15) is 17.0 Å². The molecule has 0 amide bonds. The zero-order valence-electron chi connectivity index (χ0n) is 19.8. The number of nitrogens with two attached hydrogens (primary N) is 1. The maximum atomic E-state index is 14.3. The van der Waals surface area contributed by atoms with Gasteiger partial charge in [-0.05, 0) is 51.2 Å². The molecular formula is C24H27F3N8O. The average Bonchev–Trinajstić information content (AvgIpc) is 3.43. The summed E-state index contributed by atoms with van der Waals surface area (Å²) in [6.07, 6.45) is 1.78. The first-order valence-corrected chi connectivity index (χ1v) is 12.3. The molecule has 6 heterocycles. The van der Waals surface area contributed by atoms with E-state index in [1.165, 1.54) is 0 Å². The van der Waals surface area contributed by atoms with Crippen LogP contribution in [-0.2, 0) is 10.9 Å². The Kier molecular flexibility index (Phi) is 5.60. The monoisotopic (exact) mass is 500 g/mol. The summed E-state index contributed by atoms with van der Waals surface area (Å²) >= 11 is 0. The second kappa shape index (κ2) is 8.70. The first kappa shape index (κ1) is 23.2. The summed E-state index contributed by atoms with van der Waals surface area (Å²) in [7, 11) is 0. The average molecular weight is 501 g/mol. The van der Waals surface area contributed by atoms with Crippen LogP contribution in [0.25, 0.3) is 27.9 Å². The minimum atomic E-state index is -4.67. The van der Waals surface area contributed by atoms with E-state index in [1.807, 2.05) is 30.0 Å². The number of pyridine rings is 1. The molecule has 2 aliphatic rings. The number of fused-ring (bicyclic) bond motifs is 3. The molecule has 9 nitrogen and oxygen atoms in total. The molecule has 2 fully saturated rings. The molecule has 0 saturated carbocycles.